The van der Waals surface area contributed by atoms with Crippen molar-refractivity contribution < 1.29 is 14.6 Å². The molecule has 0 unspecified atom stereocenters. The zero-order valence-electron chi connectivity index (χ0n) is 14.8. The summed E-state index contributed by atoms with van der Waals surface area (Å²) in [5.74, 6) is -0.320. The maximum atomic E-state index is 12.1. The number of hydrogen-bond donors (Lipinski definition) is 1. The van der Waals surface area contributed by atoms with Gasteiger partial charge >= 0.3 is 5.97 Å². The molecule has 0 saturated carbocycles. The van der Waals surface area contributed by atoms with Gasteiger partial charge in [0.25, 0.3) is 0 Å². The largest absolute Gasteiger partial charge is 0.462 e. The number of nitrogens with zero attached hydrogens (tertiary/aromatic N) is 3. The molecule has 1 saturated heterocycles. The lowest BCUT2D eigenvalue weighted by Gasteiger charge is -2.30. The molecule has 136 valence electrons. The van der Waals surface area contributed by atoms with Crippen molar-refractivity contribution in [2.24, 2.45) is 0 Å². The number of aliphatic hydroxyl groups is 1. The highest BCUT2D eigenvalue weighted by Crippen LogP contribution is 2.22. The molecular weight excluding hydrogens is 338 g/mol. The topological polar surface area (TPSA) is 59.6 Å². The second-order valence-electron chi connectivity index (χ2n) is 6.39. The van der Waals surface area contributed by atoms with Gasteiger partial charge in [-0.2, -0.15) is 0 Å². The van der Waals surface area contributed by atoms with Crippen LogP contribution in [0.4, 0.5) is 0 Å². The summed E-state index contributed by atoms with van der Waals surface area (Å²) in [6, 6.07) is 5.58. The van der Waals surface area contributed by atoms with E-state index in [1.165, 1.54) is 0 Å². The van der Waals surface area contributed by atoms with Crippen LogP contribution in [0.2, 0.25) is 0 Å². The summed E-state index contributed by atoms with van der Waals surface area (Å²) >= 11 is 5.67. The molecular formula is C18H25N3O3S. The van der Waals surface area contributed by atoms with E-state index in [9.17, 15) is 9.90 Å². The number of likely N-dealkylation sites (tertiary alicyclic amines) is 1. The number of carbonyl (C=O) groups excluding carboxylic acids is 1. The lowest BCUT2D eigenvalue weighted by molar-refractivity contribution is 0.0526. The Bertz CT molecular complexity index is 827. The third kappa shape index (κ3) is 3.63. The molecule has 1 aromatic heterocycles. The number of rotatable bonds is 5. The Balaban J connectivity index is 2.02. The molecule has 0 aliphatic carbocycles. The average molecular weight is 363 g/mol. The highest BCUT2D eigenvalue weighted by molar-refractivity contribution is 7.71. The standard InChI is InChI=1S/C18H25N3O3S/c1-3-20-15-8-7-13(17(23)24-4-2)10-16(15)21(18(20)25)12-19-9-5-6-14(22)11-19/h7-8,10,14,22H,3-6,9,11-12H2,1-2H3/t14-/m1/s1. The first-order valence-electron chi connectivity index (χ1n) is 8.85. The summed E-state index contributed by atoms with van der Waals surface area (Å²) in [5, 5.41) is 9.92. The molecule has 0 bridgehead atoms. The number of carbonyl (C=O) groups is 1. The number of β-amino-alcohol motifs (C(OH)–C–C–N with tert-alkyl or cyclic N) is 1. The van der Waals surface area contributed by atoms with Gasteiger partial charge in [0.05, 0.1) is 36.0 Å². The Morgan fingerprint density at radius 2 is 2.12 bits per heavy atom. The smallest absolute Gasteiger partial charge is 0.338 e. The highest BCUT2D eigenvalue weighted by atomic mass is 32.1. The van der Waals surface area contributed by atoms with Crippen molar-refractivity contribution in [2.75, 3.05) is 19.7 Å². The van der Waals surface area contributed by atoms with Crippen LogP contribution in [0.3, 0.4) is 0 Å². The maximum absolute atomic E-state index is 12.1. The molecule has 1 aromatic carbocycles. The Labute approximate surface area is 152 Å². The molecule has 6 nitrogen and oxygen atoms in total. The number of piperidine rings is 1. The zero-order valence-corrected chi connectivity index (χ0v) is 15.6. The van der Waals surface area contributed by atoms with E-state index < -0.39 is 0 Å². The van der Waals surface area contributed by atoms with Crippen LogP contribution in [0.15, 0.2) is 18.2 Å². The maximum Gasteiger partial charge on any atom is 0.338 e. The van der Waals surface area contributed by atoms with Gasteiger partial charge < -0.3 is 19.0 Å². The van der Waals surface area contributed by atoms with Crippen LogP contribution in [0.25, 0.3) is 11.0 Å². The molecule has 1 N–H and O–H groups in total. The molecule has 2 aromatic rings. The van der Waals surface area contributed by atoms with Crippen molar-refractivity contribution >= 4 is 29.2 Å². The van der Waals surface area contributed by atoms with Gasteiger partial charge in [0.2, 0.25) is 0 Å². The Morgan fingerprint density at radius 1 is 1.32 bits per heavy atom. The number of hydrogen-bond acceptors (Lipinski definition) is 5. The van der Waals surface area contributed by atoms with Crippen LogP contribution < -0.4 is 0 Å². The highest BCUT2D eigenvalue weighted by Gasteiger charge is 2.20. The second-order valence-corrected chi connectivity index (χ2v) is 6.76. The number of aryl methyl sites for hydroxylation is 1. The van der Waals surface area contributed by atoms with Crippen LogP contribution in [-0.2, 0) is 18.0 Å². The van der Waals surface area contributed by atoms with E-state index in [4.69, 9.17) is 17.0 Å². The van der Waals surface area contributed by atoms with Gasteiger partial charge in [-0.05, 0) is 57.1 Å². The van der Waals surface area contributed by atoms with E-state index in [2.05, 4.69) is 21.0 Å². The van der Waals surface area contributed by atoms with Crippen LogP contribution in [0.1, 0.15) is 37.0 Å². The number of fused-ring (bicyclic) bond motifs is 1. The molecule has 1 aliphatic heterocycles. The van der Waals surface area contributed by atoms with Gasteiger partial charge in [-0.1, -0.05) is 0 Å². The quantitative estimate of drug-likeness (QED) is 0.654. The summed E-state index contributed by atoms with van der Waals surface area (Å²) < 4.78 is 9.97. The predicted molar refractivity (Wildman–Crippen MR) is 99.2 cm³/mol. The molecule has 3 rings (SSSR count). The fourth-order valence-electron chi connectivity index (χ4n) is 3.46. The van der Waals surface area contributed by atoms with Crippen molar-refractivity contribution in [1.29, 1.82) is 0 Å². The Morgan fingerprint density at radius 3 is 2.80 bits per heavy atom. The number of aromatic nitrogens is 2. The van der Waals surface area contributed by atoms with Gasteiger partial charge in [0.1, 0.15) is 0 Å². The minimum Gasteiger partial charge on any atom is -0.462 e. The molecule has 7 heteroatoms. The summed E-state index contributed by atoms with van der Waals surface area (Å²) in [6.07, 6.45) is 1.55. The van der Waals surface area contributed by atoms with Gasteiger partial charge in [-0.25, -0.2) is 4.79 Å². The third-order valence-corrected chi connectivity index (χ3v) is 5.11. The first-order chi connectivity index (χ1) is 12.0. The van der Waals surface area contributed by atoms with E-state index in [-0.39, 0.29) is 12.1 Å². The Kier molecular flexibility index (Phi) is 5.56. The number of imidazole rings is 1. The monoisotopic (exact) mass is 363 g/mol. The molecule has 1 fully saturated rings. The van der Waals surface area contributed by atoms with Gasteiger partial charge in [0, 0.05) is 19.6 Å². The molecule has 0 spiro atoms. The molecule has 1 aliphatic rings. The van der Waals surface area contributed by atoms with Crippen LogP contribution in [-0.4, -0.2) is 50.9 Å². The van der Waals surface area contributed by atoms with Crippen LogP contribution >= 0.6 is 12.2 Å². The number of ether oxygens (including phenoxy) is 1. The molecule has 2 heterocycles. The van der Waals surface area contributed by atoms with Crippen molar-refractivity contribution in [1.82, 2.24) is 14.0 Å². The third-order valence-electron chi connectivity index (χ3n) is 4.67. The molecule has 0 radical (unpaired) electrons. The number of esters is 1. The summed E-state index contributed by atoms with van der Waals surface area (Å²) in [7, 11) is 0. The minimum atomic E-state index is -0.320. The van der Waals surface area contributed by atoms with E-state index in [0.29, 0.717) is 25.4 Å². The van der Waals surface area contributed by atoms with Crippen LogP contribution in [0.5, 0.6) is 0 Å². The Hall–Kier alpha value is -1.70. The summed E-state index contributed by atoms with van der Waals surface area (Å²) in [5.41, 5.74) is 2.47. The summed E-state index contributed by atoms with van der Waals surface area (Å²) in [4.78, 5) is 14.3. The second kappa shape index (κ2) is 7.68. The van der Waals surface area contributed by atoms with E-state index in [1.54, 1.807) is 13.0 Å². The van der Waals surface area contributed by atoms with Crippen molar-refractivity contribution in [3.63, 3.8) is 0 Å². The first kappa shape index (κ1) is 18.1. The molecule has 0 amide bonds. The molecule has 1 atom stereocenters. The number of benzene rings is 1. The average Bonchev–Trinajstić information content (AvgIpc) is 2.86. The van der Waals surface area contributed by atoms with E-state index >= 15 is 0 Å². The lowest BCUT2D eigenvalue weighted by atomic mass is 10.1. The minimum absolute atomic E-state index is 0.280. The van der Waals surface area contributed by atoms with E-state index in [0.717, 1.165) is 41.7 Å². The first-order valence-corrected chi connectivity index (χ1v) is 9.26. The number of aliphatic hydroxyl groups excluding tert-OH is 1. The van der Waals surface area contributed by atoms with Crippen molar-refractivity contribution in [3.05, 3.63) is 28.5 Å². The normalized spacial score (nSPS) is 18.6. The lowest BCUT2D eigenvalue weighted by Crippen LogP contribution is -2.39. The summed E-state index contributed by atoms with van der Waals surface area (Å²) in [6.45, 7) is 7.18. The van der Waals surface area contributed by atoms with Gasteiger partial charge in [-0.3, -0.25) is 4.90 Å². The fourth-order valence-corrected chi connectivity index (χ4v) is 3.85. The molecule has 25 heavy (non-hydrogen) atoms. The van der Waals surface area contributed by atoms with Gasteiger partial charge in [0.15, 0.2) is 4.77 Å². The van der Waals surface area contributed by atoms with E-state index in [1.807, 2.05) is 12.1 Å². The van der Waals surface area contributed by atoms with Gasteiger partial charge in [-0.15, -0.1) is 0 Å². The zero-order chi connectivity index (χ0) is 18.0. The van der Waals surface area contributed by atoms with Crippen molar-refractivity contribution in [2.45, 2.75) is 46.0 Å². The van der Waals surface area contributed by atoms with Crippen LogP contribution in [0, 0.1) is 4.77 Å². The fraction of sp³-hybridized carbons (Fsp3) is 0.556. The van der Waals surface area contributed by atoms with Crippen molar-refractivity contribution in [3.8, 4) is 0 Å². The SMILES string of the molecule is CCOC(=O)c1ccc2c(c1)n(CN1CCC[C@@H](O)C1)c(=S)n2CC. The predicted octanol–water partition coefficient (Wildman–Crippen LogP) is 2.78.